The summed E-state index contributed by atoms with van der Waals surface area (Å²) >= 11 is 0. The summed E-state index contributed by atoms with van der Waals surface area (Å²) in [6.45, 7) is 0.761. The highest BCUT2D eigenvalue weighted by Gasteiger charge is 2.20. The third kappa shape index (κ3) is 3.47. The molecule has 4 aromatic rings. The number of ether oxygens (including phenoxy) is 1. The van der Waals surface area contributed by atoms with Gasteiger partial charge in [-0.1, -0.05) is 30.3 Å². The lowest BCUT2D eigenvalue weighted by Crippen LogP contribution is -2.04. The lowest BCUT2D eigenvalue weighted by molar-refractivity contribution is -0.384. The molecule has 1 heterocycles. The van der Waals surface area contributed by atoms with Crippen LogP contribution in [0.4, 0.5) is 11.4 Å². The Kier molecular flexibility index (Phi) is 4.82. The third-order valence-electron chi connectivity index (χ3n) is 4.81. The first kappa shape index (κ1) is 18.4. The summed E-state index contributed by atoms with van der Waals surface area (Å²) in [7, 11) is 0. The monoisotopic (exact) mass is 391 g/mol. The first-order valence-electron chi connectivity index (χ1n) is 9.03. The highest BCUT2D eigenvalue weighted by molar-refractivity contribution is 5.96. The van der Waals surface area contributed by atoms with Crippen LogP contribution in [0.1, 0.15) is 6.42 Å². The summed E-state index contributed by atoms with van der Waals surface area (Å²) in [5.41, 5.74) is 0.145. The van der Waals surface area contributed by atoms with Gasteiger partial charge in [-0.15, -0.1) is 4.91 Å². The average Bonchev–Trinajstić information content (AvgIpc) is 3.01. The number of nitrogens with zero attached hydrogens (tertiary/aromatic N) is 3. The zero-order chi connectivity index (χ0) is 20.4. The molecule has 0 saturated carbocycles. The zero-order valence-electron chi connectivity index (χ0n) is 15.3. The first-order valence-corrected chi connectivity index (χ1v) is 9.03. The normalized spacial score (nSPS) is 11.0. The van der Waals surface area contributed by atoms with Gasteiger partial charge >= 0.3 is 0 Å². The van der Waals surface area contributed by atoms with E-state index in [1.165, 1.54) is 22.8 Å². The van der Waals surface area contributed by atoms with Crippen LogP contribution < -0.4 is 4.74 Å². The van der Waals surface area contributed by atoms with E-state index in [9.17, 15) is 20.1 Å². The van der Waals surface area contributed by atoms with Crippen LogP contribution in [0.15, 0.2) is 65.8 Å². The molecule has 0 saturated heterocycles. The van der Waals surface area contributed by atoms with Gasteiger partial charge in [0.1, 0.15) is 5.75 Å². The van der Waals surface area contributed by atoms with Crippen molar-refractivity contribution in [1.82, 2.24) is 4.57 Å². The maximum absolute atomic E-state index is 11.1. The minimum atomic E-state index is -0.556. The molecule has 0 atom stereocenters. The van der Waals surface area contributed by atoms with Gasteiger partial charge in [-0.2, -0.15) is 0 Å². The van der Waals surface area contributed by atoms with Crippen LogP contribution in [0, 0.1) is 15.0 Å². The third-order valence-corrected chi connectivity index (χ3v) is 4.81. The van der Waals surface area contributed by atoms with Gasteiger partial charge < -0.3 is 14.4 Å². The van der Waals surface area contributed by atoms with Gasteiger partial charge in [0, 0.05) is 24.1 Å². The maximum atomic E-state index is 11.1. The minimum absolute atomic E-state index is 0.167. The van der Waals surface area contributed by atoms with Crippen molar-refractivity contribution in [3.05, 3.63) is 75.7 Å². The van der Waals surface area contributed by atoms with Crippen molar-refractivity contribution in [2.45, 2.75) is 13.0 Å². The molecule has 1 aromatic heterocycles. The molecule has 0 aliphatic heterocycles. The summed E-state index contributed by atoms with van der Waals surface area (Å²) in [5.74, 6) is 0.442. The number of nitroso groups, excluding NO2 is 1. The van der Waals surface area contributed by atoms with Crippen LogP contribution in [0.2, 0.25) is 0 Å². The molecule has 0 unspecified atom stereocenters. The first-order chi connectivity index (χ1) is 14.1. The quantitative estimate of drug-likeness (QED) is 0.200. The summed E-state index contributed by atoms with van der Waals surface area (Å²) in [6, 6.07) is 17.9. The van der Waals surface area contributed by atoms with E-state index in [1.807, 2.05) is 42.5 Å². The molecule has 146 valence electrons. The highest BCUT2D eigenvalue weighted by Crippen LogP contribution is 2.40. The molecule has 0 spiro atoms. The molecule has 0 radical (unpaired) electrons. The number of hydrogen-bond acceptors (Lipinski definition) is 6. The van der Waals surface area contributed by atoms with Gasteiger partial charge in [0.25, 0.3) is 5.69 Å². The fourth-order valence-electron chi connectivity index (χ4n) is 3.41. The average molecular weight is 391 g/mol. The number of hydrogen-bond donors (Lipinski definition) is 1. The van der Waals surface area contributed by atoms with Crippen LogP contribution in [0.25, 0.3) is 21.7 Å². The van der Waals surface area contributed by atoms with E-state index in [1.54, 1.807) is 0 Å². The van der Waals surface area contributed by atoms with Gasteiger partial charge in [-0.05, 0) is 40.6 Å². The van der Waals surface area contributed by atoms with E-state index in [0.29, 0.717) is 25.1 Å². The molecule has 0 amide bonds. The van der Waals surface area contributed by atoms with Crippen LogP contribution in [-0.4, -0.2) is 21.2 Å². The smallest absolute Gasteiger partial charge is 0.270 e. The van der Waals surface area contributed by atoms with E-state index in [2.05, 4.69) is 5.18 Å². The molecule has 8 nitrogen and oxygen atoms in total. The number of fused-ring (bicyclic) bond motifs is 2. The van der Waals surface area contributed by atoms with Gasteiger partial charge in [-0.3, -0.25) is 10.1 Å². The molecule has 29 heavy (non-hydrogen) atoms. The van der Waals surface area contributed by atoms with E-state index >= 15 is 0 Å². The second kappa shape index (κ2) is 7.59. The zero-order valence-corrected chi connectivity index (χ0v) is 15.3. The van der Waals surface area contributed by atoms with Crippen molar-refractivity contribution in [1.29, 1.82) is 0 Å². The second-order valence-corrected chi connectivity index (χ2v) is 6.58. The molecule has 0 aliphatic rings. The Morgan fingerprint density at radius 2 is 1.86 bits per heavy atom. The lowest BCUT2D eigenvalue weighted by atomic mass is 10.1. The predicted molar refractivity (Wildman–Crippen MR) is 110 cm³/mol. The largest absolute Gasteiger partial charge is 0.494 e. The Bertz CT molecular complexity index is 1230. The number of non-ortho nitro benzene ring substituents is 1. The second-order valence-electron chi connectivity index (χ2n) is 6.58. The topological polar surface area (TPSA) is 107 Å². The number of rotatable bonds is 7. The Labute approximate surface area is 165 Å². The Balaban J connectivity index is 1.49. The maximum Gasteiger partial charge on any atom is 0.270 e. The van der Waals surface area contributed by atoms with E-state index in [4.69, 9.17) is 4.74 Å². The van der Waals surface area contributed by atoms with Gasteiger partial charge in [0.15, 0.2) is 5.69 Å². The molecule has 0 bridgehead atoms. The van der Waals surface area contributed by atoms with Crippen LogP contribution in [-0.2, 0) is 6.54 Å². The van der Waals surface area contributed by atoms with Crippen LogP contribution in [0.3, 0.4) is 0 Å². The number of aromatic hydroxyl groups is 1. The van der Waals surface area contributed by atoms with Crippen LogP contribution in [0.5, 0.6) is 11.6 Å². The van der Waals surface area contributed by atoms with Crippen molar-refractivity contribution in [2.75, 3.05) is 6.61 Å². The molecule has 8 heteroatoms. The standard InChI is InChI=1S/C21H17N3O5/c25-21-20(22-26)18-13-16(24(27)28)7-9-19(18)23(21)10-3-11-29-17-8-6-14-4-1-2-5-15(14)12-17/h1-2,4-9,12-13,25H,3,10-11H2. The van der Waals surface area contributed by atoms with Crippen molar-refractivity contribution in [3.63, 3.8) is 0 Å². The highest BCUT2D eigenvalue weighted by atomic mass is 16.6. The number of aryl methyl sites for hydroxylation is 1. The van der Waals surface area contributed by atoms with Crippen molar-refractivity contribution < 1.29 is 14.8 Å². The Morgan fingerprint density at radius 1 is 1.07 bits per heavy atom. The molecule has 0 fully saturated rings. The van der Waals surface area contributed by atoms with Gasteiger partial charge in [0.2, 0.25) is 5.88 Å². The van der Waals surface area contributed by atoms with Crippen molar-refractivity contribution >= 4 is 33.1 Å². The summed E-state index contributed by atoms with van der Waals surface area (Å²) < 4.78 is 7.32. The molecule has 0 aliphatic carbocycles. The minimum Gasteiger partial charge on any atom is -0.494 e. The summed E-state index contributed by atoms with van der Waals surface area (Å²) in [5, 5.41) is 26.6. The molecule has 3 aromatic carbocycles. The number of aromatic nitrogens is 1. The Morgan fingerprint density at radius 3 is 2.62 bits per heavy atom. The summed E-state index contributed by atoms with van der Waals surface area (Å²) in [4.78, 5) is 21.6. The van der Waals surface area contributed by atoms with Crippen molar-refractivity contribution in [2.24, 2.45) is 5.18 Å². The Hall–Kier alpha value is -3.94. The predicted octanol–water partition coefficient (Wildman–Crippen LogP) is 5.28. The molecule has 4 rings (SSSR count). The van der Waals surface area contributed by atoms with Gasteiger partial charge in [0.05, 0.1) is 17.0 Å². The number of nitro groups is 1. The molecular formula is C21H17N3O5. The SMILES string of the molecule is O=Nc1c(O)n(CCCOc2ccc3ccccc3c2)c2ccc([N+](=O)[O-])cc12. The van der Waals surface area contributed by atoms with E-state index in [-0.39, 0.29) is 22.6 Å². The fourth-order valence-corrected chi connectivity index (χ4v) is 3.41. The number of nitro benzene ring substituents is 1. The summed E-state index contributed by atoms with van der Waals surface area (Å²) in [6.07, 6.45) is 0.555. The number of benzene rings is 3. The van der Waals surface area contributed by atoms with E-state index in [0.717, 1.165) is 16.5 Å². The van der Waals surface area contributed by atoms with Crippen LogP contribution >= 0.6 is 0 Å². The van der Waals surface area contributed by atoms with Gasteiger partial charge in [-0.25, -0.2) is 0 Å². The molecular weight excluding hydrogens is 374 g/mol. The fraction of sp³-hybridized carbons (Fsp3) is 0.143. The van der Waals surface area contributed by atoms with Crippen molar-refractivity contribution in [3.8, 4) is 11.6 Å². The molecule has 1 N–H and O–H groups in total. The lowest BCUT2D eigenvalue weighted by Gasteiger charge is -2.09. The van der Waals surface area contributed by atoms with E-state index < -0.39 is 4.92 Å².